The summed E-state index contributed by atoms with van der Waals surface area (Å²) in [4.78, 5) is 4.15. The van der Waals surface area contributed by atoms with Crippen LogP contribution in [0.15, 0.2) is 48.5 Å². The highest BCUT2D eigenvalue weighted by Gasteiger charge is 2.18. The van der Waals surface area contributed by atoms with E-state index in [4.69, 9.17) is 18.9 Å². The number of ether oxygens (including phenoxy) is 4. The SMILES string of the molecule is CN(C)c1ccc(C2OCCCO2)cc1.CN(C)c1ccc(C2OCCO2)cc1. The van der Waals surface area contributed by atoms with Crippen LogP contribution >= 0.6 is 0 Å². The molecule has 29 heavy (non-hydrogen) atoms. The van der Waals surface area contributed by atoms with Gasteiger partial charge in [-0.15, -0.1) is 0 Å². The Bertz CT molecular complexity index is 720. The highest BCUT2D eigenvalue weighted by atomic mass is 16.7. The highest BCUT2D eigenvalue weighted by Crippen LogP contribution is 2.25. The summed E-state index contributed by atoms with van der Waals surface area (Å²) in [5.41, 5.74) is 4.56. The van der Waals surface area contributed by atoms with Crippen molar-refractivity contribution in [1.82, 2.24) is 0 Å². The molecule has 158 valence electrons. The quantitative estimate of drug-likeness (QED) is 0.773. The van der Waals surface area contributed by atoms with Crippen molar-refractivity contribution in [1.29, 1.82) is 0 Å². The average Bonchev–Trinajstić information content (AvgIpc) is 3.30. The van der Waals surface area contributed by atoms with Crippen LogP contribution < -0.4 is 9.80 Å². The van der Waals surface area contributed by atoms with Gasteiger partial charge in [0.2, 0.25) is 0 Å². The van der Waals surface area contributed by atoms with Gasteiger partial charge in [0, 0.05) is 50.7 Å². The smallest absolute Gasteiger partial charge is 0.184 e. The summed E-state index contributed by atoms with van der Waals surface area (Å²) in [6.45, 7) is 2.97. The predicted octanol–water partition coefficient (Wildman–Crippen LogP) is 3.99. The van der Waals surface area contributed by atoms with Gasteiger partial charge in [0.25, 0.3) is 0 Å². The topological polar surface area (TPSA) is 43.4 Å². The van der Waals surface area contributed by atoms with Gasteiger partial charge < -0.3 is 28.7 Å². The molecule has 0 radical (unpaired) electrons. The van der Waals surface area contributed by atoms with Gasteiger partial charge >= 0.3 is 0 Å². The van der Waals surface area contributed by atoms with E-state index in [0.717, 1.165) is 30.8 Å². The lowest BCUT2D eigenvalue weighted by Crippen LogP contribution is -2.17. The third-order valence-electron chi connectivity index (χ3n) is 4.81. The Morgan fingerprint density at radius 1 is 0.552 bits per heavy atom. The van der Waals surface area contributed by atoms with E-state index < -0.39 is 0 Å². The van der Waals surface area contributed by atoms with E-state index in [1.807, 2.05) is 40.3 Å². The Morgan fingerprint density at radius 3 is 1.24 bits per heavy atom. The van der Waals surface area contributed by atoms with Gasteiger partial charge in [-0.05, 0) is 30.7 Å². The van der Waals surface area contributed by atoms with Crippen LogP contribution in [0.5, 0.6) is 0 Å². The van der Waals surface area contributed by atoms with Crippen molar-refractivity contribution in [3.05, 3.63) is 59.7 Å². The Balaban J connectivity index is 0.000000166. The fraction of sp³-hybridized carbons (Fsp3) is 0.478. The fourth-order valence-corrected chi connectivity index (χ4v) is 3.09. The van der Waals surface area contributed by atoms with Crippen LogP contribution in [0.25, 0.3) is 0 Å². The van der Waals surface area contributed by atoms with Crippen molar-refractivity contribution in [3.63, 3.8) is 0 Å². The summed E-state index contributed by atoms with van der Waals surface area (Å²) in [6.07, 6.45) is 0.660. The molecule has 2 saturated heterocycles. The molecule has 0 atom stereocenters. The van der Waals surface area contributed by atoms with Crippen LogP contribution in [-0.4, -0.2) is 54.6 Å². The minimum absolute atomic E-state index is 0.161. The highest BCUT2D eigenvalue weighted by molar-refractivity contribution is 5.47. The molecule has 0 unspecified atom stereocenters. The van der Waals surface area contributed by atoms with Gasteiger partial charge in [-0.3, -0.25) is 0 Å². The third kappa shape index (κ3) is 6.18. The van der Waals surface area contributed by atoms with Crippen LogP contribution in [0.1, 0.15) is 30.1 Å². The van der Waals surface area contributed by atoms with Crippen LogP contribution in [-0.2, 0) is 18.9 Å². The normalized spacial score (nSPS) is 17.5. The van der Waals surface area contributed by atoms with Gasteiger partial charge in [-0.2, -0.15) is 0 Å². The van der Waals surface area contributed by atoms with Crippen molar-refractivity contribution >= 4 is 11.4 Å². The zero-order valence-electron chi connectivity index (χ0n) is 17.8. The zero-order valence-corrected chi connectivity index (χ0v) is 17.8. The van der Waals surface area contributed by atoms with E-state index in [1.54, 1.807) is 0 Å². The maximum Gasteiger partial charge on any atom is 0.184 e. The fourth-order valence-electron chi connectivity index (χ4n) is 3.09. The Hall–Kier alpha value is -2.12. The number of hydrogen-bond donors (Lipinski definition) is 0. The first kappa shape index (κ1) is 21.6. The van der Waals surface area contributed by atoms with Crippen molar-refractivity contribution in [2.24, 2.45) is 0 Å². The minimum atomic E-state index is -0.171. The summed E-state index contributed by atoms with van der Waals surface area (Å²) in [5.74, 6) is 0. The molecule has 0 aliphatic carbocycles. The summed E-state index contributed by atoms with van der Waals surface area (Å²) in [5, 5.41) is 0. The van der Waals surface area contributed by atoms with E-state index in [1.165, 1.54) is 11.4 Å². The third-order valence-corrected chi connectivity index (χ3v) is 4.81. The van der Waals surface area contributed by atoms with Crippen molar-refractivity contribution in [3.8, 4) is 0 Å². The van der Waals surface area contributed by atoms with E-state index in [-0.39, 0.29) is 12.6 Å². The van der Waals surface area contributed by atoms with Crippen molar-refractivity contribution in [2.75, 3.05) is 64.4 Å². The summed E-state index contributed by atoms with van der Waals surface area (Å²) in [6, 6.07) is 16.5. The Labute approximate surface area is 173 Å². The van der Waals surface area contributed by atoms with Gasteiger partial charge in [0.15, 0.2) is 12.6 Å². The summed E-state index contributed by atoms with van der Waals surface area (Å²) < 4.78 is 21.9. The molecule has 2 aromatic carbocycles. The van der Waals surface area contributed by atoms with Crippen LogP contribution in [0.3, 0.4) is 0 Å². The van der Waals surface area contributed by atoms with Crippen LogP contribution in [0, 0.1) is 0 Å². The van der Waals surface area contributed by atoms with Crippen molar-refractivity contribution < 1.29 is 18.9 Å². The molecule has 6 heteroatoms. The second-order valence-electron chi connectivity index (χ2n) is 7.47. The van der Waals surface area contributed by atoms with E-state index in [9.17, 15) is 0 Å². The first-order valence-corrected chi connectivity index (χ1v) is 10.1. The molecular weight excluding hydrogens is 368 g/mol. The second-order valence-corrected chi connectivity index (χ2v) is 7.47. The molecule has 2 aliphatic rings. The average molecular weight is 401 g/mol. The lowest BCUT2D eigenvalue weighted by Gasteiger charge is -2.24. The van der Waals surface area contributed by atoms with E-state index >= 15 is 0 Å². The van der Waals surface area contributed by atoms with E-state index in [0.29, 0.717) is 13.2 Å². The predicted molar refractivity (Wildman–Crippen MR) is 115 cm³/mol. The number of anilines is 2. The number of hydrogen-bond acceptors (Lipinski definition) is 6. The number of benzene rings is 2. The number of nitrogens with zero attached hydrogens (tertiary/aromatic N) is 2. The first-order chi connectivity index (χ1) is 14.0. The Kier molecular flexibility index (Phi) is 7.89. The molecule has 2 heterocycles. The molecule has 0 spiro atoms. The molecule has 0 bridgehead atoms. The molecule has 4 rings (SSSR count). The lowest BCUT2D eigenvalue weighted by molar-refractivity contribution is -0.183. The molecule has 2 aromatic rings. The minimum Gasteiger partial charge on any atom is -0.378 e. The van der Waals surface area contributed by atoms with Crippen molar-refractivity contribution in [2.45, 2.75) is 19.0 Å². The first-order valence-electron chi connectivity index (χ1n) is 10.1. The molecule has 2 aliphatic heterocycles. The van der Waals surface area contributed by atoms with Gasteiger partial charge in [0.05, 0.1) is 26.4 Å². The second kappa shape index (κ2) is 10.6. The van der Waals surface area contributed by atoms with Gasteiger partial charge in [-0.1, -0.05) is 24.3 Å². The van der Waals surface area contributed by atoms with Crippen LogP contribution in [0.2, 0.25) is 0 Å². The molecule has 0 saturated carbocycles. The lowest BCUT2D eigenvalue weighted by atomic mass is 10.2. The van der Waals surface area contributed by atoms with E-state index in [2.05, 4.69) is 46.2 Å². The standard InChI is InChI=1S/C12H17NO2.C11H15NO2/c1-13(2)11-6-4-10(5-7-11)12-14-8-3-9-15-12;1-12(2)10-5-3-9(4-6-10)11-13-7-8-14-11/h4-7,12H,3,8-9H2,1-2H3;3-6,11H,7-8H2,1-2H3. The van der Waals surface area contributed by atoms with Crippen LogP contribution in [0.4, 0.5) is 11.4 Å². The zero-order chi connectivity index (χ0) is 20.6. The Morgan fingerprint density at radius 2 is 0.897 bits per heavy atom. The molecule has 2 fully saturated rings. The molecular formula is C23H32N2O4. The maximum atomic E-state index is 5.53. The molecule has 0 amide bonds. The molecule has 6 nitrogen and oxygen atoms in total. The largest absolute Gasteiger partial charge is 0.378 e. The molecule has 0 N–H and O–H groups in total. The summed E-state index contributed by atoms with van der Waals surface area (Å²) in [7, 11) is 8.11. The monoisotopic (exact) mass is 400 g/mol. The molecule has 0 aromatic heterocycles. The van der Waals surface area contributed by atoms with Gasteiger partial charge in [0.1, 0.15) is 0 Å². The van der Waals surface area contributed by atoms with Gasteiger partial charge in [-0.25, -0.2) is 0 Å². The summed E-state index contributed by atoms with van der Waals surface area (Å²) >= 11 is 0. The maximum absolute atomic E-state index is 5.53. The number of rotatable bonds is 4.